The zero-order chi connectivity index (χ0) is 14.4. The number of hydrogen-bond donors (Lipinski definition) is 3. The maximum Gasteiger partial charge on any atom is 0.270 e. The van der Waals surface area contributed by atoms with Crippen LogP contribution < -0.4 is 0 Å². The van der Waals surface area contributed by atoms with Gasteiger partial charge in [0.05, 0.1) is 6.10 Å². The molecule has 0 aromatic heterocycles. The van der Waals surface area contributed by atoms with Crippen molar-refractivity contribution >= 4 is 10.1 Å². The molecule has 7 unspecified atom stereocenters. The monoisotopic (exact) mass is 292 g/mol. The van der Waals surface area contributed by atoms with Gasteiger partial charge in [0.15, 0.2) is 0 Å². The molecule has 2 aliphatic rings. The van der Waals surface area contributed by atoms with Crippen molar-refractivity contribution in [3.63, 3.8) is 0 Å². The van der Waals surface area contributed by atoms with Gasteiger partial charge in [-0.25, -0.2) is 0 Å². The van der Waals surface area contributed by atoms with Gasteiger partial charge in [-0.2, -0.15) is 8.42 Å². The first-order valence-corrected chi connectivity index (χ1v) is 8.53. The second kappa shape index (κ2) is 5.31. The molecule has 0 radical (unpaired) electrons. The molecule has 6 heteroatoms. The van der Waals surface area contributed by atoms with E-state index in [0.29, 0.717) is 23.7 Å². The van der Waals surface area contributed by atoms with Gasteiger partial charge in [-0.05, 0) is 48.9 Å². The normalized spacial score (nSPS) is 41.4. The van der Waals surface area contributed by atoms with Crippen LogP contribution in [0.4, 0.5) is 0 Å². The van der Waals surface area contributed by atoms with Gasteiger partial charge < -0.3 is 10.2 Å². The Hall–Kier alpha value is -0.170. The van der Waals surface area contributed by atoms with Crippen LogP contribution in [0.1, 0.15) is 33.1 Å². The summed E-state index contributed by atoms with van der Waals surface area (Å²) < 4.78 is 31.9. The van der Waals surface area contributed by atoms with Gasteiger partial charge in [0, 0.05) is 6.61 Å². The van der Waals surface area contributed by atoms with Crippen molar-refractivity contribution in [2.45, 2.75) is 44.5 Å². The maximum absolute atomic E-state index is 11.4. The van der Waals surface area contributed by atoms with Crippen LogP contribution in [0.15, 0.2) is 0 Å². The first kappa shape index (κ1) is 15.2. The Morgan fingerprint density at radius 3 is 2.26 bits per heavy atom. The molecule has 7 atom stereocenters. The molecule has 19 heavy (non-hydrogen) atoms. The number of hydrogen-bond acceptors (Lipinski definition) is 4. The first-order chi connectivity index (χ1) is 8.77. The average Bonchev–Trinajstić information content (AvgIpc) is 2.85. The lowest BCUT2D eigenvalue weighted by molar-refractivity contribution is 0.0359. The van der Waals surface area contributed by atoms with Crippen LogP contribution in [0.5, 0.6) is 0 Å². The van der Waals surface area contributed by atoms with Crippen LogP contribution in [-0.2, 0) is 10.1 Å². The van der Waals surface area contributed by atoms with Crippen molar-refractivity contribution in [1.82, 2.24) is 0 Å². The van der Waals surface area contributed by atoms with Crippen molar-refractivity contribution < 1.29 is 23.2 Å². The molecule has 2 rings (SSSR count). The highest BCUT2D eigenvalue weighted by Gasteiger charge is 2.52. The molecular weight excluding hydrogens is 268 g/mol. The summed E-state index contributed by atoms with van der Waals surface area (Å²) in [6.07, 6.45) is 0.681. The molecule has 0 amide bonds. The predicted octanol–water partition coefficient (Wildman–Crippen LogP) is 0.914. The minimum atomic E-state index is -4.32. The fraction of sp³-hybridized carbons (Fsp3) is 1.00. The quantitative estimate of drug-likeness (QED) is 0.655. The van der Waals surface area contributed by atoms with Gasteiger partial charge in [-0.1, -0.05) is 13.8 Å². The Balaban J connectivity index is 2.14. The summed E-state index contributed by atoms with van der Waals surface area (Å²) >= 11 is 0. The van der Waals surface area contributed by atoms with Gasteiger partial charge in [-0.3, -0.25) is 4.55 Å². The van der Waals surface area contributed by atoms with Crippen molar-refractivity contribution in [1.29, 1.82) is 0 Å². The lowest BCUT2D eigenvalue weighted by atomic mass is 9.73. The largest absolute Gasteiger partial charge is 0.396 e. The SMILES string of the molecule is CC1C2CC(C1C)C(C(O)C(CCO)S(=O)(=O)O)C2. The molecule has 2 aliphatic carbocycles. The summed E-state index contributed by atoms with van der Waals surface area (Å²) in [6.45, 7) is 4.02. The maximum atomic E-state index is 11.4. The molecule has 0 aliphatic heterocycles. The van der Waals surface area contributed by atoms with Crippen LogP contribution in [0.25, 0.3) is 0 Å². The van der Waals surface area contributed by atoms with Gasteiger partial charge in [0.1, 0.15) is 5.25 Å². The van der Waals surface area contributed by atoms with Gasteiger partial charge in [-0.15, -0.1) is 0 Å². The van der Waals surface area contributed by atoms with Crippen molar-refractivity contribution in [2.24, 2.45) is 29.6 Å². The number of aliphatic hydroxyl groups is 2. The molecular formula is C13H24O5S. The molecule has 5 nitrogen and oxygen atoms in total. The van der Waals surface area contributed by atoms with Gasteiger partial charge in [0.2, 0.25) is 0 Å². The molecule has 2 bridgehead atoms. The molecule has 0 aromatic rings. The second-order valence-electron chi connectivity index (χ2n) is 6.33. The van der Waals surface area contributed by atoms with Gasteiger partial charge in [0.25, 0.3) is 10.1 Å². The fourth-order valence-electron chi connectivity index (χ4n) is 4.29. The van der Waals surface area contributed by atoms with Gasteiger partial charge >= 0.3 is 0 Å². The van der Waals surface area contributed by atoms with E-state index in [-0.39, 0.29) is 18.9 Å². The third-order valence-corrected chi connectivity index (χ3v) is 6.84. The van der Waals surface area contributed by atoms with Crippen molar-refractivity contribution in [3.8, 4) is 0 Å². The highest BCUT2D eigenvalue weighted by Crippen LogP contribution is 2.56. The summed E-state index contributed by atoms with van der Waals surface area (Å²) in [4.78, 5) is 0. The Labute approximate surface area is 114 Å². The van der Waals surface area contributed by atoms with E-state index in [4.69, 9.17) is 5.11 Å². The average molecular weight is 292 g/mol. The fourth-order valence-corrected chi connectivity index (χ4v) is 5.25. The molecule has 2 saturated carbocycles. The summed E-state index contributed by atoms with van der Waals surface area (Å²) in [6, 6.07) is 0. The Kier molecular flexibility index (Phi) is 4.26. The van der Waals surface area contributed by atoms with Crippen LogP contribution >= 0.6 is 0 Å². The highest BCUT2D eigenvalue weighted by molar-refractivity contribution is 7.86. The lowest BCUT2D eigenvalue weighted by Gasteiger charge is -2.36. The number of aliphatic hydroxyl groups excluding tert-OH is 2. The van der Waals surface area contributed by atoms with E-state index in [2.05, 4.69) is 13.8 Å². The summed E-state index contributed by atoms with van der Waals surface area (Å²) in [5, 5.41) is 18.0. The first-order valence-electron chi connectivity index (χ1n) is 7.02. The minimum Gasteiger partial charge on any atom is -0.396 e. The highest BCUT2D eigenvalue weighted by atomic mass is 32.2. The Morgan fingerprint density at radius 2 is 1.84 bits per heavy atom. The van der Waals surface area contributed by atoms with E-state index in [1.165, 1.54) is 0 Å². The minimum absolute atomic E-state index is 0.0744. The standard InChI is InChI=1S/C13H24O5S/c1-7-8(2)10-5-9(7)6-11(10)13(15)12(3-4-14)19(16,17)18/h7-15H,3-6H2,1-2H3,(H,16,17,18). The third-order valence-electron chi connectivity index (χ3n) is 5.56. The van der Waals surface area contributed by atoms with E-state index in [1.54, 1.807) is 0 Å². The smallest absolute Gasteiger partial charge is 0.270 e. The molecule has 2 fully saturated rings. The topological polar surface area (TPSA) is 94.8 Å². The lowest BCUT2D eigenvalue weighted by Crippen LogP contribution is -2.43. The van der Waals surface area contributed by atoms with Crippen LogP contribution in [0.3, 0.4) is 0 Å². The Morgan fingerprint density at radius 1 is 1.21 bits per heavy atom. The molecule has 112 valence electrons. The predicted molar refractivity (Wildman–Crippen MR) is 71.1 cm³/mol. The van der Waals surface area contributed by atoms with Crippen LogP contribution in [0.2, 0.25) is 0 Å². The number of rotatable bonds is 5. The molecule has 0 spiro atoms. The van der Waals surface area contributed by atoms with Crippen LogP contribution in [0, 0.1) is 29.6 Å². The summed E-state index contributed by atoms with van der Waals surface area (Å²) in [7, 11) is -4.32. The van der Waals surface area contributed by atoms with E-state index in [0.717, 1.165) is 12.8 Å². The van der Waals surface area contributed by atoms with Crippen molar-refractivity contribution in [3.05, 3.63) is 0 Å². The van der Waals surface area contributed by atoms with E-state index >= 15 is 0 Å². The van der Waals surface area contributed by atoms with Crippen LogP contribution in [-0.4, -0.2) is 41.1 Å². The molecule has 3 N–H and O–H groups in total. The second-order valence-corrected chi connectivity index (χ2v) is 7.97. The summed E-state index contributed by atoms with van der Waals surface area (Å²) in [5.41, 5.74) is 0. The zero-order valence-electron chi connectivity index (χ0n) is 11.4. The Bertz CT molecular complexity index is 419. The van der Waals surface area contributed by atoms with E-state index in [9.17, 15) is 18.1 Å². The summed E-state index contributed by atoms with van der Waals surface area (Å²) in [5.74, 6) is 1.91. The molecule has 0 aromatic carbocycles. The van der Waals surface area contributed by atoms with Crippen molar-refractivity contribution in [2.75, 3.05) is 6.61 Å². The zero-order valence-corrected chi connectivity index (χ0v) is 12.3. The molecule has 0 heterocycles. The van der Waals surface area contributed by atoms with E-state index in [1.807, 2.05) is 0 Å². The van der Waals surface area contributed by atoms with E-state index < -0.39 is 21.5 Å². The number of fused-ring (bicyclic) bond motifs is 2. The molecule has 0 saturated heterocycles. The third kappa shape index (κ3) is 2.68.